The first-order valence-corrected chi connectivity index (χ1v) is 7.13. The molecule has 1 N–H and O–H groups in total. The van der Waals surface area contributed by atoms with Gasteiger partial charge >= 0.3 is 5.97 Å². The fraction of sp³-hybridized carbons (Fsp3) is 0.222. The van der Waals surface area contributed by atoms with Crippen molar-refractivity contribution in [1.29, 1.82) is 0 Å². The van der Waals surface area contributed by atoms with Crippen LogP contribution < -0.4 is 5.32 Å². The second-order valence-corrected chi connectivity index (χ2v) is 5.06. The molecule has 2 rings (SSSR count). The molecule has 0 saturated carbocycles. The van der Waals surface area contributed by atoms with Gasteiger partial charge in [-0.25, -0.2) is 4.79 Å². The van der Waals surface area contributed by atoms with Gasteiger partial charge in [0.2, 0.25) is 5.91 Å². The highest BCUT2D eigenvalue weighted by atomic mass is 16.5. The number of hydrogen-bond acceptors (Lipinski definition) is 3. The first-order valence-electron chi connectivity index (χ1n) is 7.13. The molecular formula is C18H19NO3. The summed E-state index contributed by atoms with van der Waals surface area (Å²) in [5, 5.41) is 2.87. The minimum atomic E-state index is -0.384. The van der Waals surface area contributed by atoms with Crippen molar-refractivity contribution in [3.05, 3.63) is 65.2 Å². The van der Waals surface area contributed by atoms with Crippen molar-refractivity contribution in [3.8, 4) is 0 Å². The molecule has 0 heterocycles. The summed E-state index contributed by atoms with van der Waals surface area (Å²) in [6.45, 7) is 1.85. The van der Waals surface area contributed by atoms with Gasteiger partial charge in [-0.15, -0.1) is 0 Å². The molecule has 0 aliphatic heterocycles. The lowest BCUT2D eigenvalue weighted by atomic mass is 10.1. The topological polar surface area (TPSA) is 55.4 Å². The third kappa shape index (κ3) is 4.19. The highest BCUT2D eigenvalue weighted by molar-refractivity contribution is 5.94. The molecule has 0 atom stereocenters. The van der Waals surface area contributed by atoms with E-state index >= 15 is 0 Å². The number of esters is 1. The summed E-state index contributed by atoms with van der Waals surface area (Å²) >= 11 is 0. The molecule has 0 bridgehead atoms. The normalized spacial score (nSPS) is 10.1. The fourth-order valence-corrected chi connectivity index (χ4v) is 2.16. The van der Waals surface area contributed by atoms with Crippen LogP contribution in [0.15, 0.2) is 48.5 Å². The summed E-state index contributed by atoms with van der Waals surface area (Å²) in [4.78, 5) is 23.5. The number of carbonyl (C=O) groups excluding carboxylic acids is 2. The molecule has 0 radical (unpaired) electrons. The van der Waals surface area contributed by atoms with Crippen LogP contribution in [0, 0.1) is 6.92 Å². The molecule has 0 aliphatic rings. The number of rotatable bonds is 5. The van der Waals surface area contributed by atoms with Crippen LogP contribution in [0.25, 0.3) is 0 Å². The molecular weight excluding hydrogens is 278 g/mol. The predicted molar refractivity (Wildman–Crippen MR) is 85.9 cm³/mol. The van der Waals surface area contributed by atoms with Crippen LogP contribution in [-0.2, 0) is 16.0 Å². The first-order chi connectivity index (χ1) is 10.6. The van der Waals surface area contributed by atoms with Gasteiger partial charge in [0, 0.05) is 12.1 Å². The van der Waals surface area contributed by atoms with Crippen LogP contribution in [-0.4, -0.2) is 19.0 Å². The Morgan fingerprint density at radius 1 is 1.09 bits per heavy atom. The number of benzene rings is 2. The van der Waals surface area contributed by atoms with E-state index in [2.05, 4.69) is 10.1 Å². The summed E-state index contributed by atoms with van der Waals surface area (Å²) in [6, 6.07) is 15.0. The van der Waals surface area contributed by atoms with Crippen molar-refractivity contribution >= 4 is 17.6 Å². The van der Waals surface area contributed by atoms with Crippen molar-refractivity contribution < 1.29 is 14.3 Å². The summed E-state index contributed by atoms with van der Waals surface area (Å²) < 4.78 is 4.67. The maximum Gasteiger partial charge on any atom is 0.337 e. The van der Waals surface area contributed by atoms with Gasteiger partial charge in [0.25, 0.3) is 0 Å². The van der Waals surface area contributed by atoms with E-state index in [0.29, 0.717) is 24.1 Å². The predicted octanol–water partition coefficient (Wildman–Crippen LogP) is 3.35. The fourth-order valence-electron chi connectivity index (χ4n) is 2.16. The van der Waals surface area contributed by atoms with Gasteiger partial charge in [-0.05, 0) is 42.7 Å². The molecule has 4 nitrogen and oxygen atoms in total. The molecule has 4 heteroatoms. The van der Waals surface area contributed by atoms with E-state index in [1.807, 2.05) is 37.3 Å². The Hall–Kier alpha value is -2.62. The third-order valence-electron chi connectivity index (χ3n) is 3.41. The van der Waals surface area contributed by atoms with E-state index in [4.69, 9.17) is 0 Å². The van der Waals surface area contributed by atoms with E-state index in [1.54, 1.807) is 18.2 Å². The number of carbonyl (C=O) groups is 2. The molecule has 22 heavy (non-hydrogen) atoms. The average molecular weight is 297 g/mol. The van der Waals surface area contributed by atoms with Gasteiger partial charge in [-0.1, -0.05) is 30.3 Å². The van der Waals surface area contributed by atoms with Crippen molar-refractivity contribution in [2.45, 2.75) is 19.8 Å². The summed E-state index contributed by atoms with van der Waals surface area (Å²) in [6.07, 6.45) is 1.12. The quantitative estimate of drug-likeness (QED) is 0.861. The molecule has 0 fully saturated rings. The third-order valence-corrected chi connectivity index (χ3v) is 3.41. The Labute approximate surface area is 130 Å². The van der Waals surface area contributed by atoms with Crippen LogP contribution in [0.2, 0.25) is 0 Å². The number of anilines is 1. The van der Waals surface area contributed by atoms with E-state index in [1.165, 1.54) is 7.11 Å². The summed E-state index contributed by atoms with van der Waals surface area (Å²) in [5.74, 6) is -0.428. The largest absolute Gasteiger partial charge is 0.465 e. The zero-order valence-electron chi connectivity index (χ0n) is 12.8. The number of aryl methyl sites for hydroxylation is 2. The zero-order chi connectivity index (χ0) is 15.9. The molecule has 0 aromatic heterocycles. The van der Waals surface area contributed by atoms with Crippen LogP contribution in [0.4, 0.5) is 5.69 Å². The van der Waals surface area contributed by atoms with E-state index in [0.717, 1.165) is 11.1 Å². The Morgan fingerprint density at radius 2 is 1.82 bits per heavy atom. The van der Waals surface area contributed by atoms with E-state index in [-0.39, 0.29) is 11.9 Å². The molecule has 0 aliphatic carbocycles. The second-order valence-electron chi connectivity index (χ2n) is 5.06. The van der Waals surface area contributed by atoms with Crippen molar-refractivity contribution in [2.24, 2.45) is 0 Å². The lowest BCUT2D eigenvalue weighted by molar-refractivity contribution is -0.116. The van der Waals surface area contributed by atoms with Crippen LogP contribution in [0.3, 0.4) is 0 Å². The Kier molecular flexibility index (Phi) is 5.31. The van der Waals surface area contributed by atoms with Gasteiger partial charge in [0.05, 0.1) is 12.7 Å². The minimum Gasteiger partial charge on any atom is -0.465 e. The average Bonchev–Trinajstić information content (AvgIpc) is 2.55. The monoisotopic (exact) mass is 297 g/mol. The molecule has 0 unspecified atom stereocenters. The number of ether oxygens (including phenoxy) is 1. The Bertz CT molecular complexity index is 665. The summed E-state index contributed by atoms with van der Waals surface area (Å²) in [7, 11) is 1.34. The van der Waals surface area contributed by atoms with Gasteiger partial charge in [0.1, 0.15) is 0 Å². The van der Waals surface area contributed by atoms with Crippen molar-refractivity contribution in [1.82, 2.24) is 0 Å². The molecule has 1 amide bonds. The highest BCUT2D eigenvalue weighted by Crippen LogP contribution is 2.17. The van der Waals surface area contributed by atoms with Gasteiger partial charge < -0.3 is 10.1 Å². The number of methoxy groups -OCH3 is 1. The van der Waals surface area contributed by atoms with Crippen molar-refractivity contribution in [2.75, 3.05) is 12.4 Å². The molecule has 0 spiro atoms. The summed E-state index contributed by atoms with van der Waals surface area (Å²) in [5.41, 5.74) is 3.15. The van der Waals surface area contributed by atoms with Gasteiger partial charge in [-0.3, -0.25) is 4.79 Å². The van der Waals surface area contributed by atoms with Crippen LogP contribution in [0.5, 0.6) is 0 Å². The number of nitrogens with one attached hydrogen (secondary N) is 1. The standard InChI is InChI=1S/C18H19NO3/c1-13-12-15(18(21)22-2)9-10-16(13)19-17(20)11-8-14-6-4-3-5-7-14/h3-7,9-10,12H,8,11H2,1-2H3,(H,19,20). The maximum absolute atomic E-state index is 12.0. The lowest BCUT2D eigenvalue weighted by Gasteiger charge is -2.10. The minimum absolute atomic E-state index is 0.0437. The Balaban J connectivity index is 1.95. The smallest absolute Gasteiger partial charge is 0.337 e. The zero-order valence-corrected chi connectivity index (χ0v) is 12.8. The molecule has 2 aromatic carbocycles. The molecule has 114 valence electrons. The van der Waals surface area contributed by atoms with Gasteiger partial charge in [0.15, 0.2) is 0 Å². The van der Waals surface area contributed by atoms with E-state index < -0.39 is 0 Å². The van der Waals surface area contributed by atoms with Gasteiger partial charge in [-0.2, -0.15) is 0 Å². The highest BCUT2D eigenvalue weighted by Gasteiger charge is 2.09. The van der Waals surface area contributed by atoms with Crippen LogP contribution >= 0.6 is 0 Å². The van der Waals surface area contributed by atoms with Crippen LogP contribution in [0.1, 0.15) is 27.9 Å². The van der Waals surface area contributed by atoms with Crippen molar-refractivity contribution in [3.63, 3.8) is 0 Å². The number of hydrogen-bond donors (Lipinski definition) is 1. The van der Waals surface area contributed by atoms with E-state index in [9.17, 15) is 9.59 Å². The number of amides is 1. The SMILES string of the molecule is COC(=O)c1ccc(NC(=O)CCc2ccccc2)c(C)c1. The molecule has 0 saturated heterocycles. The lowest BCUT2D eigenvalue weighted by Crippen LogP contribution is -2.13. The maximum atomic E-state index is 12.0. The Morgan fingerprint density at radius 3 is 2.45 bits per heavy atom. The second kappa shape index (κ2) is 7.41. The molecule has 2 aromatic rings. The first kappa shape index (κ1) is 15.8.